The fraction of sp³-hybridized carbons (Fsp3) is 0.219. The van der Waals surface area contributed by atoms with E-state index >= 15 is 4.39 Å². The molecule has 0 aliphatic carbocycles. The van der Waals surface area contributed by atoms with Gasteiger partial charge in [-0.3, -0.25) is 0 Å². The first-order valence-electron chi connectivity index (χ1n) is 13.1. The number of nitrogens with two attached hydrogens (primary N) is 1. The molecule has 0 saturated heterocycles. The predicted octanol–water partition coefficient (Wildman–Crippen LogP) is 5.67. The van der Waals surface area contributed by atoms with Crippen LogP contribution in [0.5, 0.6) is 5.75 Å². The second-order valence-electron chi connectivity index (χ2n) is 9.91. The van der Waals surface area contributed by atoms with Crippen LogP contribution in [0.2, 0.25) is 0 Å². The molecule has 1 heterocycles. The maximum atomic E-state index is 15.4. The number of nitrogens with zero attached hydrogens (tertiary/aromatic N) is 2. The third-order valence-corrected chi connectivity index (χ3v) is 7.01. The molecule has 0 unspecified atom stereocenters. The molecule has 5 aromatic rings. The largest absolute Gasteiger partial charge is 0.487 e. The first-order valence-corrected chi connectivity index (χ1v) is 13.1. The van der Waals surface area contributed by atoms with Gasteiger partial charge in [0.1, 0.15) is 29.8 Å². The summed E-state index contributed by atoms with van der Waals surface area (Å²) in [7, 11) is 1.59. The molecule has 0 fully saturated rings. The molecular weight excluding hydrogens is 528 g/mol. The summed E-state index contributed by atoms with van der Waals surface area (Å²) in [5.74, 6) is 0.255. The molecule has 4 N–H and O–H groups in total. The molecule has 41 heavy (non-hydrogen) atoms. The van der Waals surface area contributed by atoms with Gasteiger partial charge in [-0.05, 0) is 65.6 Å². The third kappa shape index (κ3) is 6.22. The Bertz CT molecular complexity index is 1700. The number of aliphatic hydroxyl groups is 2. The quantitative estimate of drug-likeness (QED) is 0.151. The van der Waals surface area contributed by atoms with Crippen LogP contribution in [0.3, 0.4) is 0 Å². The van der Waals surface area contributed by atoms with Crippen molar-refractivity contribution in [1.82, 2.24) is 9.55 Å². The number of nitrogen functional groups attached to an aromatic ring is 1. The number of benzene rings is 4. The van der Waals surface area contributed by atoms with Crippen molar-refractivity contribution in [2.75, 3.05) is 19.5 Å². The van der Waals surface area contributed by atoms with Crippen molar-refractivity contribution < 1.29 is 28.5 Å². The van der Waals surface area contributed by atoms with Crippen molar-refractivity contribution >= 4 is 16.7 Å². The van der Waals surface area contributed by atoms with Crippen LogP contribution in [0.4, 0.5) is 14.5 Å². The van der Waals surface area contributed by atoms with Gasteiger partial charge in [0.25, 0.3) is 0 Å². The lowest BCUT2D eigenvalue weighted by atomic mass is 10.0. The molecule has 0 amide bonds. The predicted molar refractivity (Wildman–Crippen MR) is 153 cm³/mol. The van der Waals surface area contributed by atoms with E-state index in [4.69, 9.17) is 15.2 Å². The number of methoxy groups -OCH3 is 1. The summed E-state index contributed by atoms with van der Waals surface area (Å²) < 4.78 is 42.7. The van der Waals surface area contributed by atoms with E-state index in [1.54, 1.807) is 55.6 Å². The molecule has 0 saturated carbocycles. The highest BCUT2D eigenvalue weighted by molar-refractivity contribution is 5.77. The average molecular weight is 560 g/mol. The number of aliphatic hydroxyl groups excluding tert-OH is 1. The highest BCUT2D eigenvalue weighted by Gasteiger charge is 2.16. The zero-order valence-corrected chi connectivity index (χ0v) is 22.8. The fourth-order valence-electron chi connectivity index (χ4n) is 4.72. The Labute approximate surface area is 236 Å². The first kappa shape index (κ1) is 28.2. The van der Waals surface area contributed by atoms with Crippen LogP contribution >= 0.6 is 0 Å². The number of aryl methyl sites for hydroxylation is 1. The molecule has 0 aliphatic rings. The van der Waals surface area contributed by atoms with Crippen LogP contribution < -0.4 is 10.5 Å². The van der Waals surface area contributed by atoms with Crippen molar-refractivity contribution in [2.45, 2.75) is 32.8 Å². The molecule has 212 valence electrons. The number of imidazole rings is 1. The Hall–Kier alpha value is -4.31. The van der Waals surface area contributed by atoms with Crippen LogP contribution in [-0.2, 0) is 24.3 Å². The van der Waals surface area contributed by atoms with Gasteiger partial charge in [0.15, 0.2) is 6.29 Å². The van der Waals surface area contributed by atoms with Crippen molar-refractivity contribution in [3.63, 3.8) is 0 Å². The second-order valence-corrected chi connectivity index (χ2v) is 9.91. The van der Waals surface area contributed by atoms with E-state index in [1.807, 2.05) is 23.6 Å². The second kappa shape index (κ2) is 12.1. The van der Waals surface area contributed by atoms with Crippen LogP contribution in [0.1, 0.15) is 34.4 Å². The normalized spacial score (nSPS) is 11.5. The maximum absolute atomic E-state index is 15.4. The Morgan fingerprint density at radius 3 is 2.37 bits per heavy atom. The fourth-order valence-corrected chi connectivity index (χ4v) is 4.72. The van der Waals surface area contributed by atoms with Gasteiger partial charge in [0.05, 0.1) is 23.3 Å². The van der Waals surface area contributed by atoms with E-state index in [9.17, 15) is 14.6 Å². The van der Waals surface area contributed by atoms with Gasteiger partial charge in [-0.2, -0.15) is 0 Å². The Morgan fingerprint density at radius 2 is 1.63 bits per heavy atom. The molecule has 0 atom stereocenters. The van der Waals surface area contributed by atoms with Gasteiger partial charge >= 0.3 is 0 Å². The van der Waals surface area contributed by atoms with E-state index in [2.05, 4.69) is 4.98 Å². The number of aromatic nitrogens is 2. The first-order chi connectivity index (χ1) is 19.7. The number of halogens is 2. The van der Waals surface area contributed by atoms with Gasteiger partial charge < -0.3 is 30.0 Å². The van der Waals surface area contributed by atoms with Crippen molar-refractivity contribution in [1.29, 1.82) is 0 Å². The van der Waals surface area contributed by atoms with E-state index in [0.29, 0.717) is 69.3 Å². The monoisotopic (exact) mass is 559 g/mol. The number of fused-ring (bicyclic) bond motifs is 1. The lowest BCUT2D eigenvalue weighted by Gasteiger charge is -2.13. The summed E-state index contributed by atoms with van der Waals surface area (Å²) in [6.45, 7) is 2.70. The van der Waals surface area contributed by atoms with Gasteiger partial charge in [-0.1, -0.05) is 36.4 Å². The summed E-state index contributed by atoms with van der Waals surface area (Å²) in [5.41, 5.74) is 11.2. The molecule has 4 aromatic carbocycles. The molecule has 0 spiro atoms. The Morgan fingerprint density at radius 1 is 0.902 bits per heavy atom. The summed E-state index contributed by atoms with van der Waals surface area (Å²) in [6, 6.07) is 20.1. The number of anilines is 1. The number of ether oxygens (including phenoxy) is 2. The Kier molecular flexibility index (Phi) is 8.30. The van der Waals surface area contributed by atoms with Crippen molar-refractivity contribution in [3.05, 3.63) is 113 Å². The summed E-state index contributed by atoms with van der Waals surface area (Å²) in [5, 5.41) is 19.2. The van der Waals surface area contributed by atoms with E-state index in [0.717, 1.165) is 5.56 Å². The molecule has 0 aliphatic heterocycles. The lowest BCUT2D eigenvalue weighted by Crippen LogP contribution is -2.10. The van der Waals surface area contributed by atoms with Gasteiger partial charge in [0, 0.05) is 31.2 Å². The van der Waals surface area contributed by atoms with Gasteiger partial charge in [-0.15, -0.1) is 0 Å². The lowest BCUT2D eigenvalue weighted by molar-refractivity contribution is -0.0424. The molecule has 5 rings (SSSR count). The van der Waals surface area contributed by atoms with Crippen LogP contribution in [0.15, 0.2) is 72.8 Å². The van der Waals surface area contributed by atoms with Gasteiger partial charge in [-0.25, -0.2) is 13.8 Å². The summed E-state index contributed by atoms with van der Waals surface area (Å²) in [6.07, 6.45) is -1.39. The minimum atomic E-state index is -1.61. The van der Waals surface area contributed by atoms with Crippen LogP contribution in [0, 0.1) is 18.6 Å². The zero-order valence-electron chi connectivity index (χ0n) is 22.8. The highest BCUT2D eigenvalue weighted by Crippen LogP contribution is 2.31. The smallest absolute Gasteiger partial charge is 0.178 e. The zero-order chi connectivity index (χ0) is 29.1. The molecule has 7 nitrogen and oxygen atoms in total. The molecular formula is C32H31F2N3O4. The minimum absolute atomic E-state index is 0.00982. The van der Waals surface area contributed by atoms with E-state index in [-0.39, 0.29) is 18.8 Å². The maximum Gasteiger partial charge on any atom is 0.178 e. The van der Waals surface area contributed by atoms with Gasteiger partial charge in [0.2, 0.25) is 0 Å². The molecule has 0 radical (unpaired) electrons. The molecule has 9 heteroatoms. The topological polar surface area (TPSA) is 103 Å². The van der Waals surface area contributed by atoms with E-state index < -0.39 is 12.1 Å². The Balaban J connectivity index is 1.39. The van der Waals surface area contributed by atoms with Crippen LogP contribution in [0.25, 0.3) is 22.2 Å². The molecule has 0 bridgehead atoms. The number of hydrogen-bond acceptors (Lipinski definition) is 6. The summed E-state index contributed by atoms with van der Waals surface area (Å²) in [4.78, 5) is 4.68. The highest BCUT2D eigenvalue weighted by atomic mass is 19.1. The number of hydrogen-bond donors (Lipinski definition) is 3. The minimum Gasteiger partial charge on any atom is -0.487 e. The summed E-state index contributed by atoms with van der Waals surface area (Å²) >= 11 is 0. The number of rotatable bonds is 10. The SMILES string of the molecule is COCCn1c(Cc2ccc(-c3ccc(N)c(OCc4ccc(C)cc4F)c3)cc2F)nc2ccc(C(O)O)cc21. The van der Waals surface area contributed by atoms with Crippen LogP contribution in [-0.4, -0.2) is 33.5 Å². The average Bonchev–Trinajstić information content (AvgIpc) is 3.29. The van der Waals surface area contributed by atoms with Crippen molar-refractivity contribution in [3.8, 4) is 16.9 Å². The van der Waals surface area contributed by atoms with Crippen molar-refractivity contribution in [2.24, 2.45) is 0 Å². The molecule has 1 aromatic heterocycles. The van der Waals surface area contributed by atoms with E-state index in [1.165, 1.54) is 12.1 Å². The standard InChI is InChI=1S/C32H31F2N3O4/c1-19-3-4-24(25(33)13-19)18-41-30-16-21(7-9-27(30)35)20-5-6-22(26(34)14-20)17-31-36-28-10-8-23(32(38)39)15-29(28)37(31)11-12-40-2/h3-10,13-16,32,38-39H,11-12,17-18,35H2,1-2H3. The third-order valence-electron chi connectivity index (χ3n) is 7.01.